The van der Waals surface area contributed by atoms with Gasteiger partial charge >= 0.3 is 0 Å². The molecule has 0 bridgehead atoms. The Balaban J connectivity index is 2.41. The van der Waals surface area contributed by atoms with Crippen molar-refractivity contribution in [1.82, 2.24) is 10.3 Å². The average Bonchev–Trinajstić information content (AvgIpc) is 2.43. The van der Waals surface area contributed by atoms with Gasteiger partial charge in [-0.3, -0.25) is 4.79 Å². The van der Waals surface area contributed by atoms with E-state index in [-0.39, 0.29) is 12.5 Å². The monoisotopic (exact) mass is 310 g/mol. The fraction of sp³-hybridized carbons (Fsp3) is 0.500. The second-order valence-corrected chi connectivity index (χ2v) is 6.28. The van der Waals surface area contributed by atoms with Crippen LogP contribution in [0, 0.1) is 5.92 Å². The van der Waals surface area contributed by atoms with Crippen molar-refractivity contribution >= 4 is 23.6 Å². The third kappa shape index (κ3) is 7.83. The third-order valence-electron chi connectivity index (χ3n) is 3.08. The largest absolute Gasteiger partial charge is 0.388 e. The molecular weight excluding hydrogens is 288 g/mol. The average molecular weight is 311 g/mol. The minimum atomic E-state index is -0.879. The summed E-state index contributed by atoms with van der Waals surface area (Å²) in [7, 11) is 0. The number of pyridine rings is 1. The number of amides is 1. The Kier molecular flexibility index (Phi) is 6.85. The predicted octanol–water partition coefficient (Wildman–Crippen LogP) is 3.05. The van der Waals surface area contributed by atoms with Crippen molar-refractivity contribution in [3.63, 3.8) is 0 Å². The molecule has 0 saturated carbocycles. The lowest BCUT2D eigenvalue weighted by atomic mass is 9.95. The van der Waals surface area contributed by atoms with Crippen LogP contribution in [0.15, 0.2) is 24.4 Å². The summed E-state index contributed by atoms with van der Waals surface area (Å²) in [5.41, 5.74) is -0.0867. The number of nitrogens with one attached hydrogen (secondary N) is 1. The SMILES string of the molecule is CC(C)CCC(C)(O)CNC(=O)/C=C/c1ccc(Cl)nc1. The molecule has 0 aliphatic carbocycles. The molecule has 1 rings (SSSR count). The number of carbonyl (C=O) groups excluding carboxylic acids is 1. The minimum Gasteiger partial charge on any atom is -0.388 e. The molecule has 1 amide bonds. The maximum absolute atomic E-state index is 11.7. The van der Waals surface area contributed by atoms with Gasteiger partial charge in [-0.05, 0) is 43.4 Å². The molecule has 1 unspecified atom stereocenters. The molecule has 1 atom stereocenters. The van der Waals surface area contributed by atoms with Gasteiger partial charge in [0.05, 0.1) is 5.60 Å². The number of carbonyl (C=O) groups is 1. The Bertz CT molecular complexity index is 482. The molecule has 2 N–H and O–H groups in total. The van der Waals surface area contributed by atoms with Gasteiger partial charge in [0.25, 0.3) is 0 Å². The summed E-state index contributed by atoms with van der Waals surface area (Å²) in [4.78, 5) is 15.6. The lowest BCUT2D eigenvalue weighted by Crippen LogP contribution is -2.40. The molecular formula is C16H23ClN2O2. The van der Waals surface area contributed by atoms with Crippen LogP contribution in [0.25, 0.3) is 6.08 Å². The Labute approximate surface area is 131 Å². The lowest BCUT2D eigenvalue weighted by molar-refractivity contribution is -0.117. The van der Waals surface area contributed by atoms with E-state index >= 15 is 0 Å². The van der Waals surface area contributed by atoms with Crippen molar-refractivity contribution in [2.75, 3.05) is 6.54 Å². The molecule has 0 aromatic carbocycles. The molecule has 0 spiro atoms. The first-order chi connectivity index (χ1) is 9.78. The van der Waals surface area contributed by atoms with Crippen LogP contribution in [-0.4, -0.2) is 28.1 Å². The molecule has 4 nitrogen and oxygen atoms in total. The van der Waals surface area contributed by atoms with E-state index < -0.39 is 5.60 Å². The number of rotatable bonds is 7. The lowest BCUT2D eigenvalue weighted by Gasteiger charge is -2.24. The van der Waals surface area contributed by atoms with Gasteiger partial charge in [0.15, 0.2) is 0 Å². The maximum atomic E-state index is 11.7. The van der Waals surface area contributed by atoms with E-state index in [1.807, 2.05) is 0 Å². The predicted molar refractivity (Wildman–Crippen MR) is 86.0 cm³/mol. The Morgan fingerprint density at radius 2 is 2.24 bits per heavy atom. The summed E-state index contributed by atoms with van der Waals surface area (Å²) in [5.74, 6) is 0.291. The number of aliphatic hydroxyl groups is 1. The van der Waals surface area contributed by atoms with E-state index in [9.17, 15) is 9.90 Å². The summed E-state index contributed by atoms with van der Waals surface area (Å²) < 4.78 is 0. The summed E-state index contributed by atoms with van der Waals surface area (Å²) in [6, 6.07) is 3.44. The summed E-state index contributed by atoms with van der Waals surface area (Å²) in [6.07, 6.45) is 6.25. The van der Waals surface area contributed by atoms with Gasteiger partial charge < -0.3 is 10.4 Å². The molecule has 116 valence electrons. The maximum Gasteiger partial charge on any atom is 0.244 e. The van der Waals surface area contributed by atoms with Gasteiger partial charge in [0.2, 0.25) is 5.91 Å². The molecule has 0 radical (unpaired) electrons. The first-order valence-electron chi connectivity index (χ1n) is 7.08. The van der Waals surface area contributed by atoms with Crippen LogP contribution in [0.2, 0.25) is 5.15 Å². The molecule has 5 heteroatoms. The second-order valence-electron chi connectivity index (χ2n) is 5.89. The van der Waals surface area contributed by atoms with E-state index in [0.717, 1.165) is 12.0 Å². The number of hydrogen-bond donors (Lipinski definition) is 2. The fourth-order valence-electron chi connectivity index (χ4n) is 1.68. The summed E-state index contributed by atoms with van der Waals surface area (Å²) >= 11 is 5.68. The van der Waals surface area contributed by atoms with Crippen LogP contribution >= 0.6 is 11.6 Å². The molecule has 0 aliphatic heterocycles. The number of nitrogens with zero attached hydrogens (tertiary/aromatic N) is 1. The molecule has 0 saturated heterocycles. The van der Waals surface area contributed by atoms with Gasteiger partial charge in [-0.1, -0.05) is 31.5 Å². The molecule has 1 heterocycles. The van der Waals surface area contributed by atoms with Crippen LogP contribution in [-0.2, 0) is 4.79 Å². The topological polar surface area (TPSA) is 62.2 Å². The zero-order chi connectivity index (χ0) is 15.9. The van der Waals surface area contributed by atoms with Gasteiger partial charge in [-0.25, -0.2) is 4.98 Å². The highest BCUT2D eigenvalue weighted by molar-refractivity contribution is 6.29. The van der Waals surface area contributed by atoms with E-state index in [1.165, 1.54) is 6.08 Å². The molecule has 1 aromatic rings. The van der Waals surface area contributed by atoms with E-state index in [0.29, 0.717) is 17.5 Å². The molecule has 21 heavy (non-hydrogen) atoms. The Morgan fingerprint density at radius 3 is 2.81 bits per heavy atom. The van der Waals surface area contributed by atoms with E-state index in [1.54, 1.807) is 31.3 Å². The number of aromatic nitrogens is 1. The van der Waals surface area contributed by atoms with Crippen LogP contribution in [0.1, 0.15) is 39.2 Å². The van der Waals surface area contributed by atoms with Crippen LogP contribution in [0.4, 0.5) is 0 Å². The standard InChI is InChI=1S/C16H23ClN2O2/c1-12(2)8-9-16(3,21)11-19-15(20)7-5-13-4-6-14(17)18-10-13/h4-7,10,12,21H,8-9,11H2,1-3H3,(H,19,20)/b7-5+. The van der Waals surface area contributed by atoms with Crippen LogP contribution < -0.4 is 5.32 Å². The second kappa shape index (κ2) is 8.15. The first-order valence-corrected chi connectivity index (χ1v) is 7.46. The van der Waals surface area contributed by atoms with Gasteiger partial charge in [0.1, 0.15) is 5.15 Å². The normalized spacial score (nSPS) is 14.4. The first kappa shape index (κ1) is 17.7. The quantitative estimate of drug-likeness (QED) is 0.601. The highest BCUT2D eigenvalue weighted by atomic mass is 35.5. The van der Waals surface area contributed by atoms with Gasteiger partial charge in [0, 0.05) is 18.8 Å². The minimum absolute atomic E-state index is 0.238. The van der Waals surface area contributed by atoms with Crippen molar-refractivity contribution in [1.29, 1.82) is 0 Å². The van der Waals surface area contributed by atoms with Crippen molar-refractivity contribution in [2.24, 2.45) is 5.92 Å². The molecule has 0 fully saturated rings. The highest BCUT2D eigenvalue weighted by Gasteiger charge is 2.20. The summed E-state index contributed by atoms with van der Waals surface area (Å²) in [5, 5.41) is 13.3. The molecule has 0 aliphatic rings. The Hall–Kier alpha value is -1.39. The fourth-order valence-corrected chi connectivity index (χ4v) is 1.79. The highest BCUT2D eigenvalue weighted by Crippen LogP contribution is 2.15. The van der Waals surface area contributed by atoms with Crippen molar-refractivity contribution in [3.8, 4) is 0 Å². The summed E-state index contributed by atoms with van der Waals surface area (Å²) in [6.45, 7) is 6.19. The van der Waals surface area contributed by atoms with Crippen LogP contribution in [0.3, 0.4) is 0 Å². The number of hydrogen-bond acceptors (Lipinski definition) is 3. The zero-order valence-electron chi connectivity index (χ0n) is 12.8. The van der Waals surface area contributed by atoms with Crippen LogP contribution in [0.5, 0.6) is 0 Å². The number of halogens is 1. The smallest absolute Gasteiger partial charge is 0.244 e. The van der Waals surface area contributed by atoms with E-state index in [2.05, 4.69) is 24.1 Å². The Morgan fingerprint density at radius 1 is 1.52 bits per heavy atom. The van der Waals surface area contributed by atoms with Crippen molar-refractivity contribution < 1.29 is 9.90 Å². The third-order valence-corrected chi connectivity index (χ3v) is 3.30. The van der Waals surface area contributed by atoms with Gasteiger partial charge in [-0.2, -0.15) is 0 Å². The van der Waals surface area contributed by atoms with Gasteiger partial charge in [-0.15, -0.1) is 0 Å². The molecule has 1 aromatic heterocycles. The van der Waals surface area contributed by atoms with E-state index in [4.69, 9.17) is 11.6 Å². The van der Waals surface area contributed by atoms with Crippen molar-refractivity contribution in [2.45, 2.75) is 39.2 Å². The zero-order valence-corrected chi connectivity index (χ0v) is 13.5. The van der Waals surface area contributed by atoms with Crippen molar-refractivity contribution in [3.05, 3.63) is 35.1 Å².